The summed E-state index contributed by atoms with van der Waals surface area (Å²) in [7, 11) is 3.84. The number of H-pyrrole nitrogens is 1. The van der Waals surface area contributed by atoms with Gasteiger partial charge in [-0.05, 0) is 48.0 Å². The number of benzene rings is 2. The van der Waals surface area contributed by atoms with Gasteiger partial charge in [0.05, 0.1) is 24.1 Å². The Morgan fingerprint density at radius 2 is 1.66 bits per heavy atom. The van der Waals surface area contributed by atoms with Gasteiger partial charge < -0.3 is 14.6 Å². The van der Waals surface area contributed by atoms with Gasteiger partial charge in [0, 0.05) is 68.0 Å². The number of aromatic nitrogens is 4. The van der Waals surface area contributed by atoms with E-state index in [9.17, 15) is 0 Å². The Hall–Kier alpha value is -4.07. The zero-order chi connectivity index (χ0) is 25.9. The highest BCUT2D eigenvalue weighted by molar-refractivity contribution is 5.93. The molecule has 0 radical (unpaired) electrons. The summed E-state index contributed by atoms with van der Waals surface area (Å²) in [6.45, 7) is 5.39. The summed E-state index contributed by atoms with van der Waals surface area (Å²) in [4.78, 5) is 12.8. The molecule has 1 saturated heterocycles. The second-order valence-electron chi connectivity index (χ2n) is 9.99. The molecule has 0 atom stereocenters. The van der Waals surface area contributed by atoms with Crippen LogP contribution in [0.25, 0.3) is 33.4 Å². The van der Waals surface area contributed by atoms with Crippen LogP contribution in [0.3, 0.4) is 0 Å². The summed E-state index contributed by atoms with van der Waals surface area (Å²) in [5, 5.41) is 10.1. The van der Waals surface area contributed by atoms with E-state index in [1.54, 1.807) is 19.5 Å². The van der Waals surface area contributed by atoms with Crippen molar-refractivity contribution < 1.29 is 4.74 Å². The number of rotatable bonds is 7. The first kappa shape index (κ1) is 24.3. The molecule has 1 aliphatic rings. The minimum absolute atomic E-state index is 0.501. The molecule has 38 heavy (non-hydrogen) atoms. The minimum Gasteiger partial charge on any atom is -0.479 e. The number of ether oxygens (including phenoxy) is 1. The van der Waals surface area contributed by atoms with Crippen LogP contribution < -0.4 is 4.74 Å². The minimum atomic E-state index is 0.501. The Bertz CT molecular complexity index is 1520. The SMILES string of the molecule is COc1nnc(-c2ccncc2)cc1-c1[nH]c2cc(CN3CCN(C)CC3)ccc2c1Cc1ccccc1. The summed E-state index contributed by atoms with van der Waals surface area (Å²) in [5.74, 6) is 0.501. The molecule has 6 rings (SSSR count). The number of hydrogen-bond donors (Lipinski definition) is 1. The number of nitrogens with zero attached hydrogens (tertiary/aromatic N) is 5. The lowest BCUT2D eigenvalue weighted by molar-refractivity contribution is 0.148. The van der Waals surface area contributed by atoms with Crippen molar-refractivity contribution >= 4 is 10.9 Å². The lowest BCUT2D eigenvalue weighted by Gasteiger charge is -2.32. The molecule has 7 nitrogen and oxygen atoms in total. The third kappa shape index (κ3) is 5.03. The molecule has 0 saturated carbocycles. The summed E-state index contributed by atoms with van der Waals surface area (Å²) in [5.41, 5.74) is 8.59. The third-order valence-corrected chi connectivity index (χ3v) is 7.40. The van der Waals surface area contributed by atoms with Crippen molar-refractivity contribution in [3.63, 3.8) is 0 Å². The topological polar surface area (TPSA) is 70.2 Å². The number of hydrogen-bond acceptors (Lipinski definition) is 6. The van der Waals surface area contributed by atoms with Gasteiger partial charge in [0.15, 0.2) is 0 Å². The highest BCUT2D eigenvalue weighted by atomic mass is 16.5. The molecule has 4 heterocycles. The van der Waals surface area contributed by atoms with E-state index in [0.29, 0.717) is 5.88 Å². The highest BCUT2D eigenvalue weighted by Crippen LogP contribution is 2.37. The van der Waals surface area contributed by atoms with E-state index in [1.807, 2.05) is 12.1 Å². The molecule has 0 spiro atoms. The normalized spacial score (nSPS) is 14.7. The van der Waals surface area contributed by atoms with Crippen LogP contribution in [-0.4, -0.2) is 70.3 Å². The van der Waals surface area contributed by atoms with Crippen LogP contribution in [0.1, 0.15) is 16.7 Å². The van der Waals surface area contributed by atoms with Gasteiger partial charge in [0.2, 0.25) is 5.88 Å². The van der Waals surface area contributed by atoms with Crippen molar-refractivity contribution in [2.24, 2.45) is 0 Å². The van der Waals surface area contributed by atoms with Crippen LogP contribution in [0.2, 0.25) is 0 Å². The number of aromatic amines is 1. The Balaban J connectivity index is 1.45. The monoisotopic (exact) mass is 504 g/mol. The number of methoxy groups -OCH3 is 1. The van der Waals surface area contributed by atoms with Gasteiger partial charge in [-0.25, -0.2) is 0 Å². The third-order valence-electron chi connectivity index (χ3n) is 7.40. The molecule has 0 bridgehead atoms. The number of likely N-dealkylation sites (N-methyl/N-ethyl adjacent to an activating group) is 1. The van der Waals surface area contributed by atoms with Crippen LogP contribution in [0.4, 0.5) is 0 Å². The molecule has 0 aliphatic carbocycles. The van der Waals surface area contributed by atoms with Crippen molar-refractivity contribution in [2.45, 2.75) is 13.0 Å². The number of pyridine rings is 1. The fourth-order valence-corrected chi connectivity index (χ4v) is 5.25. The first-order valence-corrected chi connectivity index (χ1v) is 13.1. The van der Waals surface area contributed by atoms with Gasteiger partial charge in [-0.1, -0.05) is 42.5 Å². The van der Waals surface area contributed by atoms with E-state index in [2.05, 4.69) is 91.6 Å². The maximum absolute atomic E-state index is 5.71. The Labute approximate surface area is 223 Å². The van der Waals surface area contributed by atoms with E-state index in [-0.39, 0.29) is 0 Å². The van der Waals surface area contributed by atoms with Crippen LogP contribution in [0, 0.1) is 0 Å². The fraction of sp³-hybridized carbons (Fsp3) is 0.258. The Morgan fingerprint density at radius 1 is 0.868 bits per heavy atom. The Morgan fingerprint density at radius 3 is 2.42 bits per heavy atom. The zero-order valence-corrected chi connectivity index (χ0v) is 21.9. The summed E-state index contributed by atoms with van der Waals surface area (Å²) in [6.07, 6.45) is 4.34. The van der Waals surface area contributed by atoms with E-state index in [4.69, 9.17) is 4.74 Å². The summed E-state index contributed by atoms with van der Waals surface area (Å²) < 4.78 is 5.71. The maximum Gasteiger partial charge on any atom is 0.242 e. The van der Waals surface area contributed by atoms with Crippen LogP contribution in [0.5, 0.6) is 5.88 Å². The van der Waals surface area contributed by atoms with Gasteiger partial charge in [-0.3, -0.25) is 9.88 Å². The van der Waals surface area contributed by atoms with Gasteiger partial charge in [-0.15, -0.1) is 10.2 Å². The van der Waals surface area contributed by atoms with Gasteiger partial charge in [0.1, 0.15) is 0 Å². The number of fused-ring (bicyclic) bond motifs is 1. The largest absolute Gasteiger partial charge is 0.479 e. The zero-order valence-electron chi connectivity index (χ0n) is 21.9. The second-order valence-corrected chi connectivity index (χ2v) is 9.99. The average molecular weight is 505 g/mol. The Kier molecular flexibility index (Phi) is 6.86. The predicted octanol–water partition coefficient (Wildman–Crippen LogP) is 5.03. The van der Waals surface area contributed by atoms with Crippen LogP contribution >= 0.6 is 0 Å². The average Bonchev–Trinajstić information content (AvgIpc) is 3.32. The van der Waals surface area contributed by atoms with Gasteiger partial charge >= 0.3 is 0 Å². The lowest BCUT2D eigenvalue weighted by atomic mass is 9.98. The number of piperazine rings is 1. The molecule has 2 aromatic carbocycles. The molecule has 5 aromatic rings. The standard InChI is InChI=1S/C31H32N6O/c1-36-14-16-37(17-15-36)21-23-8-9-25-26(18-22-6-4-3-5-7-22)30(33-29(25)19-23)27-20-28(34-35-31(27)38-2)24-10-12-32-13-11-24/h3-13,19-20,33H,14-18,21H2,1-2H3. The lowest BCUT2D eigenvalue weighted by Crippen LogP contribution is -2.43. The molecule has 0 amide bonds. The van der Waals surface area contributed by atoms with Crippen molar-refractivity contribution in [1.29, 1.82) is 0 Å². The second kappa shape index (κ2) is 10.7. The van der Waals surface area contributed by atoms with Crippen LogP contribution in [0.15, 0.2) is 79.1 Å². The molecule has 1 fully saturated rings. The number of nitrogens with one attached hydrogen (secondary N) is 1. The van der Waals surface area contributed by atoms with Crippen molar-refractivity contribution in [2.75, 3.05) is 40.3 Å². The first-order chi connectivity index (χ1) is 18.7. The quantitative estimate of drug-likeness (QED) is 0.335. The summed E-state index contributed by atoms with van der Waals surface area (Å²) in [6, 6.07) is 23.4. The van der Waals surface area contributed by atoms with E-state index >= 15 is 0 Å². The molecule has 3 aromatic heterocycles. The molecule has 1 N–H and O–H groups in total. The molecular weight excluding hydrogens is 472 g/mol. The van der Waals surface area contributed by atoms with Crippen molar-refractivity contribution in [3.8, 4) is 28.4 Å². The van der Waals surface area contributed by atoms with E-state index in [1.165, 1.54) is 22.1 Å². The van der Waals surface area contributed by atoms with E-state index in [0.717, 1.165) is 67.2 Å². The van der Waals surface area contributed by atoms with Crippen LogP contribution in [-0.2, 0) is 13.0 Å². The van der Waals surface area contributed by atoms with Gasteiger partial charge in [-0.2, -0.15) is 0 Å². The van der Waals surface area contributed by atoms with Crippen molar-refractivity contribution in [3.05, 3.63) is 95.8 Å². The molecule has 192 valence electrons. The maximum atomic E-state index is 5.71. The molecule has 1 aliphatic heterocycles. The molecule has 7 heteroatoms. The predicted molar refractivity (Wildman–Crippen MR) is 151 cm³/mol. The molecular formula is C31H32N6O. The van der Waals surface area contributed by atoms with E-state index < -0.39 is 0 Å². The fourth-order valence-electron chi connectivity index (χ4n) is 5.25. The smallest absolute Gasteiger partial charge is 0.242 e. The van der Waals surface area contributed by atoms with Crippen molar-refractivity contribution in [1.82, 2.24) is 30.0 Å². The van der Waals surface area contributed by atoms with Gasteiger partial charge in [0.25, 0.3) is 0 Å². The summed E-state index contributed by atoms with van der Waals surface area (Å²) >= 11 is 0. The molecule has 0 unspecified atom stereocenters. The highest BCUT2D eigenvalue weighted by Gasteiger charge is 2.21. The first-order valence-electron chi connectivity index (χ1n) is 13.1.